The van der Waals surface area contributed by atoms with Gasteiger partial charge in [0.1, 0.15) is 11.6 Å². The molecule has 10 aromatic rings. The number of para-hydroxylation sites is 2. The molecule has 7 aromatic carbocycles. The molecule has 4 nitrogen and oxygen atoms in total. The molecule has 0 atom stereocenters. The first-order valence-corrected chi connectivity index (χ1v) is 17.4. The molecule has 0 radical (unpaired) electrons. The molecule has 3 aromatic heterocycles. The predicted molar refractivity (Wildman–Crippen MR) is 208 cm³/mol. The molecule has 0 N–H and O–H groups in total. The van der Waals surface area contributed by atoms with Gasteiger partial charge in [-0.05, 0) is 47.2 Å². The Hall–Kier alpha value is -6.61. The van der Waals surface area contributed by atoms with Gasteiger partial charge in [0.2, 0.25) is 0 Å². The molecule has 0 aliphatic carbocycles. The summed E-state index contributed by atoms with van der Waals surface area (Å²) in [7, 11) is 0. The number of nitrogens with zero attached hydrogens (tertiary/aromatic N) is 4. The van der Waals surface area contributed by atoms with Gasteiger partial charge in [0.25, 0.3) is 0 Å². The van der Waals surface area contributed by atoms with Crippen molar-refractivity contribution in [3.05, 3.63) is 163 Å². The molecule has 5 heteroatoms. The minimum atomic E-state index is 0.461. The van der Waals surface area contributed by atoms with E-state index in [1.807, 2.05) is 48.5 Å². The quantitative estimate of drug-likeness (QED) is 0.190. The summed E-state index contributed by atoms with van der Waals surface area (Å²) >= 11 is 1.76. The summed E-state index contributed by atoms with van der Waals surface area (Å²) in [5.41, 5.74) is 7.71. The van der Waals surface area contributed by atoms with Crippen molar-refractivity contribution in [1.29, 1.82) is 5.26 Å². The Morgan fingerprint density at radius 3 is 2.04 bits per heavy atom. The third-order valence-corrected chi connectivity index (χ3v) is 10.8. The summed E-state index contributed by atoms with van der Waals surface area (Å²) in [5.74, 6) is 0.584. The number of hydrogen-bond donors (Lipinski definition) is 0. The van der Waals surface area contributed by atoms with Crippen molar-refractivity contribution in [2.45, 2.75) is 0 Å². The summed E-state index contributed by atoms with van der Waals surface area (Å²) in [4.78, 5) is 10.5. The molecule has 10 rings (SSSR count). The Bertz CT molecular complexity index is 2990. The molecule has 0 aliphatic rings. The maximum absolute atomic E-state index is 11.1. The van der Waals surface area contributed by atoms with Gasteiger partial charge in [-0.2, -0.15) is 5.26 Å². The topological polar surface area (TPSA) is 54.5 Å². The Morgan fingerprint density at radius 1 is 0.540 bits per heavy atom. The van der Waals surface area contributed by atoms with E-state index in [-0.39, 0.29) is 0 Å². The SMILES string of the molecule is N#Cc1c(-c2ccc3ccccc3c2)nc(-c2ccccc2)nc1-c1c2sc3ccccc3c2cc2c1c1ccccc1n2-c1ccccc1. The summed E-state index contributed by atoms with van der Waals surface area (Å²) in [6.07, 6.45) is 0. The molecule has 0 fully saturated rings. The zero-order chi connectivity index (χ0) is 33.2. The third kappa shape index (κ3) is 4.29. The fourth-order valence-corrected chi connectivity index (χ4v) is 8.63. The van der Waals surface area contributed by atoms with Crippen LogP contribution in [0.1, 0.15) is 5.56 Å². The highest BCUT2D eigenvalue weighted by Crippen LogP contribution is 2.49. The van der Waals surface area contributed by atoms with Gasteiger partial charge < -0.3 is 4.57 Å². The van der Waals surface area contributed by atoms with E-state index in [4.69, 9.17) is 9.97 Å². The van der Waals surface area contributed by atoms with Gasteiger partial charge in [0, 0.05) is 53.3 Å². The van der Waals surface area contributed by atoms with Gasteiger partial charge in [-0.1, -0.05) is 121 Å². The lowest BCUT2D eigenvalue weighted by molar-refractivity contribution is 1.17. The molecule has 0 unspecified atom stereocenters. The second-order valence-corrected chi connectivity index (χ2v) is 13.5. The summed E-state index contributed by atoms with van der Waals surface area (Å²) in [6.45, 7) is 0. The highest BCUT2D eigenvalue weighted by Gasteiger charge is 2.27. The van der Waals surface area contributed by atoms with Gasteiger partial charge in [-0.3, -0.25) is 0 Å². The van der Waals surface area contributed by atoms with Crippen LogP contribution in [0.2, 0.25) is 0 Å². The maximum Gasteiger partial charge on any atom is 0.160 e. The highest BCUT2D eigenvalue weighted by atomic mass is 32.1. The predicted octanol–water partition coefficient (Wildman–Crippen LogP) is 12.0. The van der Waals surface area contributed by atoms with Gasteiger partial charge in [-0.25, -0.2) is 9.97 Å². The molecule has 50 heavy (non-hydrogen) atoms. The van der Waals surface area contributed by atoms with Crippen LogP contribution in [-0.4, -0.2) is 14.5 Å². The normalized spacial score (nSPS) is 11.6. The highest BCUT2D eigenvalue weighted by molar-refractivity contribution is 7.26. The fourth-order valence-electron chi connectivity index (χ4n) is 7.39. The van der Waals surface area contributed by atoms with Crippen molar-refractivity contribution in [2.75, 3.05) is 0 Å². The van der Waals surface area contributed by atoms with Crippen LogP contribution in [0.15, 0.2) is 158 Å². The van der Waals surface area contributed by atoms with E-state index in [0.29, 0.717) is 22.8 Å². The molecular weight excluding hydrogens is 629 g/mol. The van der Waals surface area contributed by atoms with E-state index in [1.54, 1.807) is 11.3 Å². The van der Waals surface area contributed by atoms with Crippen LogP contribution in [0.5, 0.6) is 0 Å². The van der Waals surface area contributed by atoms with E-state index in [1.165, 1.54) is 10.1 Å². The molecule has 0 aliphatic heterocycles. The number of hydrogen-bond acceptors (Lipinski definition) is 4. The standard InChI is InChI=1S/C45H26N4S/c46-27-36-42(31-24-23-28-13-7-8-16-30(28)25-31)47-45(29-14-3-1-4-15-29)48-43(36)41-40-34-20-9-11-21-37(34)49(32-17-5-2-6-18-32)38(40)26-35-33-19-10-12-22-39(33)50-44(35)41/h1-26H. The zero-order valence-corrected chi connectivity index (χ0v) is 27.5. The Balaban J connectivity index is 1.42. The van der Waals surface area contributed by atoms with Gasteiger partial charge in [0.05, 0.1) is 22.4 Å². The summed E-state index contributed by atoms with van der Waals surface area (Å²) in [5, 5.41) is 17.9. The average Bonchev–Trinajstić information content (AvgIpc) is 3.72. The molecule has 0 saturated carbocycles. The molecule has 232 valence electrons. The van der Waals surface area contributed by atoms with Crippen molar-refractivity contribution in [3.8, 4) is 45.7 Å². The fraction of sp³-hybridized carbons (Fsp3) is 0. The molecule has 3 heterocycles. The summed E-state index contributed by atoms with van der Waals surface area (Å²) < 4.78 is 4.64. The van der Waals surface area contributed by atoms with E-state index < -0.39 is 0 Å². The number of nitriles is 1. The molecule has 0 amide bonds. The van der Waals surface area contributed by atoms with Gasteiger partial charge >= 0.3 is 0 Å². The monoisotopic (exact) mass is 654 g/mol. The van der Waals surface area contributed by atoms with Crippen LogP contribution in [0, 0.1) is 11.3 Å². The van der Waals surface area contributed by atoms with Crippen LogP contribution in [0.3, 0.4) is 0 Å². The van der Waals surface area contributed by atoms with Gasteiger partial charge in [0.15, 0.2) is 5.82 Å². The van der Waals surface area contributed by atoms with Crippen LogP contribution in [0.25, 0.3) is 92.3 Å². The van der Waals surface area contributed by atoms with Crippen molar-refractivity contribution in [3.63, 3.8) is 0 Å². The smallest absolute Gasteiger partial charge is 0.160 e. The second kappa shape index (κ2) is 11.2. The number of aromatic nitrogens is 3. The lowest BCUT2D eigenvalue weighted by Gasteiger charge is -2.15. The van der Waals surface area contributed by atoms with Crippen molar-refractivity contribution in [2.24, 2.45) is 0 Å². The first-order valence-electron chi connectivity index (χ1n) is 16.6. The minimum absolute atomic E-state index is 0.461. The van der Waals surface area contributed by atoms with E-state index in [0.717, 1.165) is 65.0 Å². The van der Waals surface area contributed by atoms with Gasteiger partial charge in [-0.15, -0.1) is 11.3 Å². The Labute approximate surface area is 291 Å². The van der Waals surface area contributed by atoms with Crippen molar-refractivity contribution < 1.29 is 0 Å². The Kier molecular flexibility index (Phi) is 6.38. The molecule has 0 saturated heterocycles. The second-order valence-electron chi connectivity index (χ2n) is 12.5. The molecule has 0 spiro atoms. The Morgan fingerprint density at radius 2 is 1.22 bits per heavy atom. The largest absolute Gasteiger partial charge is 0.309 e. The zero-order valence-electron chi connectivity index (χ0n) is 26.7. The first-order chi connectivity index (χ1) is 24.8. The lowest BCUT2D eigenvalue weighted by atomic mass is 9.94. The molecular formula is C45H26N4S. The van der Waals surface area contributed by atoms with E-state index >= 15 is 0 Å². The van der Waals surface area contributed by atoms with Crippen LogP contribution in [-0.2, 0) is 0 Å². The maximum atomic E-state index is 11.1. The lowest BCUT2D eigenvalue weighted by Crippen LogP contribution is -2.02. The van der Waals surface area contributed by atoms with Crippen molar-refractivity contribution >= 4 is 64.1 Å². The number of rotatable bonds is 4. The first kappa shape index (κ1) is 28.4. The minimum Gasteiger partial charge on any atom is -0.309 e. The number of thiophene rings is 1. The van der Waals surface area contributed by atoms with Crippen molar-refractivity contribution in [1.82, 2.24) is 14.5 Å². The van der Waals surface area contributed by atoms with Crippen LogP contribution < -0.4 is 0 Å². The average molecular weight is 655 g/mol. The third-order valence-electron chi connectivity index (χ3n) is 9.63. The van der Waals surface area contributed by atoms with E-state index in [2.05, 4.69) is 120 Å². The van der Waals surface area contributed by atoms with E-state index in [9.17, 15) is 5.26 Å². The van der Waals surface area contributed by atoms with Crippen LogP contribution in [0.4, 0.5) is 0 Å². The number of fused-ring (bicyclic) bond motifs is 7. The number of benzene rings is 7. The molecule has 0 bridgehead atoms. The van der Waals surface area contributed by atoms with Crippen LogP contribution >= 0.6 is 11.3 Å². The summed E-state index contributed by atoms with van der Waals surface area (Å²) in [6, 6.07) is 57.2.